The molecule has 1 unspecified atom stereocenters. The lowest BCUT2D eigenvalue weighted by Gasteiger charge is -2.28. The molecule has 1 aliphatic rings. The van der Waals surface area contributed by atoms with Crippen LogP contribution in [0.15, 0.2) is 48.8 Å². The largest absolute Gasteiger partial charge is 0.421 e. The molecule has 0 radical (unpaired) electrons. The minimum Gasteiger partial charge on any atom is -0.365 e. The Morgan fingerprint density at radius 1 is 1.12 bits per heavy atom. The molecule has 0 amide bonds. The average Bonchev–Trinajstić information content (AvgIpc) is 2.92. The number of alkyl halides is 3. The van der Waals surface area contributed by atoms with E-state index in [2.05, 4.69) is 32.2 Å². The zero-order valence-corrected chi connectivity index (χ0v) is 24.1. The molecule has 3 heterocycles. The van der Waals surface area contributed by atoms with Crippen molar-refractivity contribution in [3.05, 3.63) is 82.6 Å². The van der Waals surface area contributed by atoms with E-state index in [0.717, 1.165) is 43.9 Å². The van der Waals surface area contributed by atoms with E-state index in [1.807, 2.05) is 0 Å². The summed E-state index contributed by atoms with van der Waals surface area (Å²) in [5.41, 5.74) is 1.04. The van der Waals surface area contributed by atoms with Gasteiger partial charge in [0.1, 0.15) is 22.5 Å². The van der Waals surface area contributed by atoms with E-state index in [-0.39, 0.29) is 30.3 Å². The number of hydrogen-bond donors (Lipinski definition) is 1. The van der Waals surface area contributed by atoms with E-state index in [4.69, 9.17) is 0 Å². The molecule has 0 spiro atoms. The van der Waals surface area contributed by atoms with E-state index in [1.165, 1.54) is 13.1 Å². The van der Waals surface area contributed by atoms with Crippen molar-refractivity contribution in [3.63, 3.8) is 0 Å². The smallest absolute Gasteiger partial charge is 0.365 e. The van der Waals surface area contributed by atoms with Gasteiger partial charge < -0.3 is 10.2 Å². The fourth-order valence-corrected chi connectivity index (χ4v) is 5.45. The lowest BCUT2D eigenvalue weighted by Crippen LogP contribution is -2.31. The monoisotopic (exact) mass is 589 g/mol. The molecule has 1 atom stereocenters. The van der Waals surface area contributed by atoms with Gasteiger partial charge in [-0.2, -0.15) is 13.2 Å². The van der Waals surface area contributed by atoms with Gasteiger partial charge in [-0.15, -0.1) is 0 Å². The zero-order valence-electron chi connectivity index (χ0n) is 23.3. The highest BCUT2D eigenvalue weighted by atomic mass is 32.2. The second kappa shape index (κ2) is 12.6. The number of hydrogen-bond acceptors (Lipinski definition) is 8. The van der Waals surface area contributed by atoms with Gasteiger partial charge in [-0.25, -0.2) is 18.4 Å². The summed E-state index contributed by atoms with van der Waals surface area (Å²) in [5, 5.41) is 1.79. The lowest BCUT2D eigenvalue weighted by atomic mass is 9.90. The molecule has 0 aliphatic carbocycles. The second-order valence-corrected chi connectivity index (χ2v) is 13.0. The maximum Gasteiger partial charge on any atom is 0.421 e. The summed E-state index contributed by atoms with van der Waals surface area (Å²) in [5.74, 6) is 0.224. The molecule has 1 N–H and O–H groups in total. The van der Waals surface area contributed by atoms with E-state index in [1.54, 1.807) is 36.4 Å². The average molecular weight is 590 g/mol. The van der Waals surface area contributed by atoms with Crippen LogP contribution in [0.2, 0.25) is 0 Å². The lowest BCUT2D eigenvalue weighted by molar-refractivity contribution is -0.137. The quantitative estimate of drug-likeness (QED) is 0.325. The van der Waals surface area contributed by atoms with Crippen molar-refractivity contribution in [1.82, 2.24) is 19.9 Å². The van der Waals surface area contributed by atoms with Crippen molar-refractivity contribution in [2.45, 2.75) is 50.6 Å². The van der Waals surface area contributed by atoms with Crippen molar-refractivity contribution < 1.29 is 26.4 Å². The van der Waals surface area contributed by atoms with Gasteiger partial charge in [-0.1, -0.05) is 30.3 Å². The van der Waals surface area contributed by atoms with Gasteiger partial charge in [-0.05, 0) is 63.0 Å². The molecule has 4 rings (SSSR count). The second-order valence-electron chi connectivity index (χ2n) is 10.7. The number of carbonyl (C=O) groups is 1. The summed E-state index contributed by atoms with van der Waals surface area (Å²) in [4.78, 5) is 27.3. The molecule has 0 bridgehead atoms. The number of halogens is 3. The maximum atomic E-state index is 13.8. The van der Waals surface area contributed by atoms with Gasteiger partial charge in [-0.3, -0.25) is 9.78 Å². The minimum atomic E-state index is -4.70. The van der Waals surface area contributed by atoms with Crippen LogP contribution in [0.3, 0.4) is 0 Å². The standard InChI is InChI=1S/C29H34F3N5O3S/c1-19(41(3,39)40)27-23(5-4-12-33-27)17-35-28-24(29(30,31)32)18-34-26(36-28)16-20-6-8-22(9-7-20)25(38)15-21-10-13-37(2)14-11-21/h4-9,12,18-19,21H,10-11,13-17H2,1-3H3,(H,34,35,36). The minimum absolute atomic E-state index is 0.0864. The van der Waals surface area contributed by atoms with Gasteiger partial charge in [0.05, 0.1) is 5.69 Å². The summed E-state index contributed by atoms with van der Waals surface area (Å²) >= 11 is 0. The number of ketones is 1. The summed E-state index contributed by atoms with van der Waals surface area (Å²) < 4.78 is 65.4. The van der Waals surface area contributed by atoms with Crippen LogP contribution in [-0.4, -0.2) is 60.4 Å². The first-order chi connectivity index (χ1) is 19.3. The first-order valence-electron chi connectivity index (χ1n) is 13.4. The topological polar surface area (TPSA) is 105 Å². The van der Waals surface area contributed by atoms with Gasteiger partial charge >= 0.3 is 6.18 Å². The van der Waals surface area contributed by atoms with Crippen molar-refractivity contribution in [1.29, 1.82) is 0 Å². The molecular formula is C29H34F3N5O3S. The van der Waals surface area contributed by atoms with Crippen LogP contribution in [0.5, 0.6) is 0 Å². The van der Waals surface area contributed by atoms with Crippen molar-refractivity contribution in [3.8, 4) is 0 Å². The number of pyridine rings is 1. The van der Waals surface area contributed by atoms with E-state index in [0.29, 0.717) is 23.5 Å². The van der Waals surface area contributed by atoms with Gasteiger partial charge in [0.15, 0.2) is 15.6 Å². The molecule has 8 nitrogen and oxygen atoms in total. The third-order valence-electron chi connectivity index (χ3n) is 7.49. The predicted octanol–water partition coefficient (Wildman–Crippen LogP) is 5.11. The fourth-order valence-electron chi connectivity index (χ4n) is 4.83. The highest BCUT2D eigenvalue weighted by Crippen LogP contribution is 2.34. The Morgan fingerprint density at radius 3 is 2.44 bits per heavy atom. The number of nitrogens with one attached hydrogen (secondary N) is 1. The number of nitrogens with zero attached hydrogens (tertiary/aromatic N) is 4. The molecule has 3 aromatic rings. The van der Waals surface area contributed by atoms with Gasteiger partial charge in [0.2, 0.25) is 0 Å². The Labute approximate surface area is 238 Å². The maximum absolute atomic E-state index is 13.8. The highest BCUT2D eigenvalue weighted by Gasteiger charge is 2.35. The number of piperidine rings is 1. The number of carbonyl (C=O) groups excluding carboxylic acids is 1. The highest BCUT2D eigenvalue weighted by molar-refractivity contribution is 7.90. The molecule has 1 aliphatic heterocycles. The van der Waals surface area contributed by atoms with Crippen LogP contribution in [0.4, 0.5) is 19.0 Å². The molecule has 220 valence electrons. The number of rotatable bonds is 10. The number of sulfone groups is 1. The number of likely N-dealkylation sites (tertiary alicyclic amines) is 1. The van der Waals surface area contributed by atoms with Crippen molar-refractivity contribution >= 4 is 21.4 Å². The summed E-state index contributed by atoms with van der Waals surface area (Å²) in [6, 6.07) is 10.2. The van der Waals surface area contributed by atoms with Crippen LogP contribution in [-0.2, 0) is 29.0 Å². The summed E-state index contributed by atoms with van der Waals surface area (Å²) in [6.45, 7) is 3.35. The molecule has 1 saturated heterocycles. The Bertz CT molecular complexity index is 1470. The van der Waals surface area contributed by atoms with Crippen molar-refractivity contribution in [2.24, 2.45) is 5.92 Å². The van der Waals surface area contributed by atoms with Gasteiger partial charge in [0.25, 0.3) is 0 Å². The Morgan fingerprint density at radius 2 is 1.80 bits per heavy atom. The fraction of sp³-hybridized carbons (Fsp3) is 0.448. The SMILES string of the molecule is CC(c1ncccc1CNc1nc(Cc2ccc(C(=O)CC3CCN(C)CC3)cc2)ncc1C(F)(F)F)S(C)(=O)=O. The first-order valence-corrected chi connectivity index (χ1v) is 15.4. The number of Topliss-reactive ketones (excluding diaryl/α,β-unsaturated/α-hetero) is 1. The molecule has 1 fully saturated rings. The molecule has 41 heavy (non-hydrogen) atoms. The Hall–Kier alpha value is -3.38. The van der Waals surface area contributed by atoms with Gasteiger partial charge in [0, 0.05) is 43.6 Å². The number of benzene rings is 1. The Balaban J connectivity index is 1.48. The van der Waals surface area contributed by atoms with Crippen molar-refractivity contribution in [2.75, 3.05) is 31.7 Å². The van der Waals surface area contributed by atoms with Crippen LogP contribution in [0.1, 0.15) is 70.0 Å². The number of anilines is 1. The molecule has 1 aromatic carbocycles. The molecule has 0 saturated carbocycles. The zero-order chi connectivity index (χ0) is 29.8. The van der Waals surface area contributed by atoms with Crippen LogP contribution >= 0.6 is 0 Å². The third-order valence-corrected chi connectivity index (χ3v) is 9.00. The van der Waals surface area contributed by atoms with Crippen LogP contribution < -0.4 is 5.32 Å². The number of aromatic nitrogens is 3. The van der Waals surface area contributed by atoms with E-state index >= 15 is 0 Å². The molecular weight excluding hydrogens is 555 g/mol. The predicted molar refractivity (Wildman–Crippen MR) is 150 cm³/mol. The summed E-state index contributed by atoms with van der Waals surface area (Å²) in [7, 11) is -1.39. The van der Waals surface area contributed by atoms with E-state index < -0.39 is 32.6 Å². The normalized spacial score (nSPS) is 16.0. The van der Waals surface area contributed by atoms with Crippen LogP contribution in [0, 0.1) is 5.92 Å². The van der Waals surface area contributed by atoms with E-state index in [9.17, 15) is 26.4 Å². The Kier molecular flexibility index (Phi) is 9.43. The summed E-state index contributed by atoms with van der Waals surface area (Å²) in [6.07, 6.45) is 1.24. The van der Waals surface area contributed by atoms with Crippen LogP contribution in [0.25, 0.3) is 0 Å². The first kappa shape index (κ1) is 30.6. The third kappa shape index (κ3) is 8.10. The molecule has 2 aromatic heterocycles. The molecule has 12 heteroatoms.